The van der Waals surface area contributed by atoms with Gasteiger partial charge in [-0.2, -0.15) is 0 Å². The molecule has 12 heavy (non-hydrogen) atoms. The Bertz CT molecular complexity index is 186. The van der Waals surface area contributed by atoms with Crippen LogP contribution in [0.2, 0.25) is 0 Å². The molecule has 1 rings (SSSR count). The fraction of sp³-hybridized carbons (Fsp3) is 0.667. The summed E-state index contributed by atoms with van der Waals surface area (Å²) in [6.07, 6.45) is 5.78. The molecule has 0 aromatic heterocycles. The highest BCUT2D eigenvalue weighted by Crippen LogP contribution is 2.18. The van der Waals surface area contributed by atoms with Crippen LogP contribution >= 0.6 is 0 Å². The largest absolute Gasteiger partial charge is 0.481 e. The van der Waals surface area contributed by atoms with Crippen molar-refractivity contribution in [2.45, 2.75) is 31.8 Å². The first-order chi connectivity index (χ1) is 5.70. The van der Waals surface area contributed by atoms with E-state index in [-0.39, 0.29) is 12.0 Å². The molecule has 0 bridgehead atoms. The summed E-state index contributed by atoms with van der Waals surface area (Å²) in [5.41, 5.74) is 0. The summed E-state index contributed by atoms with van der Waals surface area (Å²) in [6.45, 7) is 0. The number of rotatable bonds is 1. The van der Waals surface area contributed by atoms with E-state index in [0.29, 0.717) is 19.3 Å². The normalized spacial score (nSPS) is 30.8. The van der Waals surface area contributed by atoms with Crippen LogP contribution in [-0.4, -0.2) is 22.3 Å². The molecule has 0 aromatic carbocycles. The summed E-state index contributed by atoms with van der Waals surface area (Å²) in [4.78, 5) is 10.6. The maximum Gasteiger partial charge on any atom is 0.306 e. The van der Waals surface area contributed by atoms with Crippen LogP contribution < -0.4 is 0 Å². The third kappa shape index (κ3) is 2.66. The van der Waals surface area contributed by atoms with Crippen molar-refractivity contribution in [3.63, 3.8) is 0 Å². The van der Waals surface area contributed by atoms with Gasteiger partial charge in [0.1, 0.15) is 0 Å². The van der Waals surface area contributed by atoms with Crippen molar-refractivity contribution in [2.75, 3.05) is 0 Å². The zero-order valence-corrected chi connectivity index (χ0v) is 6.94. The second-order valence-corrected chi connectivity index (χ2v) is 3.20. The van der Waals surface area contributed by atoms with Crippen molar-refractivity contribution in [2.24, 2.45) is 5.92 Å². The Kier molecular flexibility index (Phi) is 3.29. The number of hydrogen-bond acceptors (Lipinski definition) is 2. The van der Waals surface area contributed by atoms with E-state index in [1.54, 1.807) is 12.2 Å². The van der Waals surface area contributed by atoms with E-state index < -0.39 is 5.97 Å². The molecule has 0 saturated heterocycles. The monoisotopic (exact) mass is 170 g/mol. The molecular weight excluding hydrogens is 156 g/mol. The Hall–Kier alpha value is -0.830. The molecule has 2 atom stereocenters. The number of carboxylic acids is 1. The molecule has 0 aliphatic heterocycles. The van der Waals surface area contributed by atoms with Gasteiger partial charge in [0.2, 0.25) is 0 Å². The fourth-order valence-corrected chi connectivity index (χ4v) is 1.41. The van der Waals surface area contributed by atoms with Gasteiger partial charge in [-0.15, -0.1) is 0 Å². The standard InChI is InChI=1S/C9H14O3/c10-8-5-1-3-7(9(11)12)4-2-6-8/h1,5,7-8,10H,2-4,6H2,(H,11,12). The molecule has 2 unspecified atom stereocenters. The van der Waals surface area contributed by atoms with E-state index in [1.807, 2.05) is 0 Å². The number of carbonyl (C=O) groups is 1. The quantitative estimate of drug-likeness (QED) is 0.581. The van der Waals surface area contributed by atoms with Gasteiger partial charge in [0, 0.05) is 0 Å². The molecule has 1 aliphatic rings. The molecule has 1 aliphatic carbocycles. The molecular formula is C9H14O3. The molecule has 0 spiro atoms. The molecule has 0 radical (unpaired) electrons. The van der Waals surface area contributed by atoms with Crippen LogP contribution in [0.25, 0.3) is 0 Å². The van der Waals surface area contributed by atoms with Crippen LogP contribution in [0.4, 0.5) is 0 Å². The molecule has 0 amide bonds. The average Bonchev–Trinajstić information content (AvgIpc) is 1.95. The maximum absolute atomic E-state index is 10.6. The van der Waals surface area contributed by atoms with Crippen molar-refractivity contribution >= 4 is 5.97 Å². The number of aliphatic carboxylic acids is 1. The average molecular weight is 170 g/mol. The molecule has 2 N–H and O–H groups in total. The summed E-state index contributed by atoms with van der Waals surface area (Å²) in [6, 6.07) is 0. The lowest BCUT2D eigenvalue weighted by molar-refractivity contribution is -0.142. The van der Waals surface area contributed by atoms with E-state index in [9.17, 15) is 9.90 Å². The van der Waals surface area contributed by atoms with Gasteiger partial charge < -0.3 is 10.2 Å². The highest BCUT2D eigenvalue weighted by molar-refractivity contribution is 5.70. The van der Waals surface area contributed by atoms with Crippen LogP contribution in [0, 0.1) is 5.92 Å². The predicted molar refractivity (Wildman–Crippen MR) is 44.7 cm³/mol. The van der Waals surface area contributed by atoms with Gasteiger partial charge in [-0.1, -0.05) is 12.2 Å². The van der Waals surface area contributed by atoms with Crippen molar-refractivity contribution in [1.29, 1.82) is 0 Å². The second kappa shape index (κ2) is 4.26. The first-order valence-corrected chi connectivity index (χ1v) is 4.27. The zero-order chi connectivity index (χ0) is 8.97. The third-order valence-corrected chi connectivity index (χ3v) is 2.18. The van der Waals surface area contributed by atoms with Gasteiger partial charge in [0.05, 0.1) is 12.0 Å². The van der Waals surface area contributed by atoms with Gasteiger partial charge in [-0.3, -0.25) is 4.79 Å². The van der Waals surface area contributed by atoms with Crippen molar-refractivity contribution < 1.29 is 15.0 Å². The van der Waals surface area contributed by atoms with E-state index in [4.69, 9.17) is 5.11 Å². The van der Waals surface area contributed by atoms with Crippen LogP contribution in [0.5, 0.6) is 0 Å². The molecule has 3 heteroatoms. The Balaban J connectivity index is 2.50. The number of aliphatic hydroxyl groups excluding tert-OH is 1. The number of hydrogen-bond donors (Lipinski definition) is 2. The van der Waals surface area contributed by atoms with Gasteiger partial charge in [0.25, 0.3) is 0 Å². The first kappa shape index (κ1) is 9.26. The Morgan fingerprint density at radius 1 is 1.42 bits per heavy atom. The summed E-state index contributed by atoms with van der Waals surface area (Å²) < 4.78 is 0. The number of carboxylic acid groups (broad SMARTS) is 1. The van der Waals surface area contributed by atoms with Gasteiger partial charge in [-0.05, 0) is 25.7 Å². The van der Waals surface area contributed by atoms with Gasteiger partial charge >= 0.3 is 5.97 Å². The Labute approximate surface area is 71.7 Å². The van der Waals surface area contributed by atoms with Crippen LogP contribution in [-0.2, 0) is 4.79 Å². The SMILES string of the molecule is O=C(O)C1CC=CC(O)CCC1. The first-order valence-electron chi connectivity index (χ1n) is 4.27. The van der Waals surface area contributed by atoms with E-state index in [2.05, 4.69) is 0 Å². The second-order valence-electron chi connectivity index (χ2n) is 3.20. The zero-order valence-electron chi connectivity index (χ0n) is 6.94. The maximum atomic E-state index is 10.6. The predicted octanol–water partition coefficient (Wildman–Crippen LogP) is 1.18. The topological polar surface area (TPSA) is 57.5 Å². The summed E-state index contributed by atoms with van der Waals surface area (Å²) in [5.74, 6) is -0.982. The molecule has 0 aromatic rings. The lowest BCUT2D eigenvalue weighted by atomic mass is 9.94. The van der Waals surface area contributed by atoms with Crippen molar-refractivity contribution in [3.8, 4) is 0 Å². The Morgan fingerprint density at radius 3 is 2.83 bits per heavy atom. The molecule has 0 heterocycles. The lowest BCUT2D eigenvalue weighted by Crippen LogP contribution is -2.15. The van der Waals surface area contributed by atoms with E-state index in [0.717, 1.165) is 6.42 Å². The summed E-state index contributed by atoms with van der Waals surface area (Å²) >= 11 is 0. The van der Waals surface area contributed by atoms with Crippen molar-refractivity contribution in [1.82, 2.24) is 0 Å². The minimum absolute atomic E-state index is 0.256. The van der Waals surface area contributed by atoms with Gasteiger partial charge in [0.15, 0.2) is 0 Å². The molecule has 3 nitrogen and oxygen atoms in total. The molecule has 0 fully saturated rings. The van der Waals surface area contributed by atoms with Gasteiger partial charge in [-0.25, -0.2) is 0 Å². The summed E-state index contributed by atoms with van der Waals surface area (Å²) in [7, 11) is 0. The smallest absolute Gasteiger partial charge is 0.306 e. The van der Waals surface area contributed by atoms with Crippen molar-refractivity contribution in [3.05, 3.63) is 12.2 Å². The number of allylic oxidation sites excluding steroid dienone is 1. The minimum atomic E-state index is -0.726. The Morgan fingerprint density at radius 2 is 2.17 bits per heavy atom. The van der Waals surface area contributed by atoms with E-state index in [1.165, 1.54) is 0 Å². The summed E-state index contributed by atoms with van der Waals surface area (Å²) in [5, 5.41) is 17.9. The third-order valence-electron chi connectivity index (χ3n) is 2.18. The molecule has 0 saturated carbocycles. The van der Waals surface area contributed by atoms with Crippen LogP contribution in [0.1, 0.15) is 25.7 Å². The van der Waals surface area contributed by atoms with E-state index >= 15 is 0 Å². The van der Waals surface area contributed by atoms with Crippen LogP contribution in [0.3, 0.4) is 0 Å². The fourth-order valence-electron chi connectivity index (χ4n) is 1.41. The minimum Gasteiger partial charge on any atom is -0.481 e. The molecule has 68 valence electrons. The highest BCUT2D eigenvalue weighted by Gasteiger charge is 2.17. The number of aliphatic hydroxyl groups is 1. The lowest BCUT2D eigenvalue weighted by Gasteiger charge is -2.14. The van der Waals surface area contributed by atoms with Crippen LogP contribution in [0.15, 0.2) is 12.2 Å². The highest BCUT2D eigenvalue weighted by atomic mass is 16.4.